The quantitative estimate of drug-likeness (QED) is 0.276. The molecule has 3 aromatic carbocycles. The van der Waals surface area contributed by atoms with E-state index in [1.165, 1.54) is 18.1 Å². The summed E-state index contributed by atoms with van der Waals surface area (Å²) in [4.78, 5) is 36.3. The molecule has 0 fully saturated rings. The summed E-state index contributed by atoms with van der Waals surface area (Å²) >= 11 is 6.18. The van der Waals surface area contributed by atoms with Crippen LogP contribution in [-0.4, -0.2) is 33.9 Å². The molecule has 0 saturated heterocycles. The van der Waals surface area contributed by atoms with E-state index in [0.29, 0.717) is 38.3 Å². The monoisotopic (exact) mass is 513 g/mol. The van der Waals surface area contributed by atoms with Gasteiger partial charge in [-0.2, -0.15) is 0 Å². The van der Waals surface area contributed by atoms with Gasteiger partial charge in [0, 0.05) is 16.5 Å². The number of nitrogens with one attached hydrogen (secondary N) is 1. The molecule has 5 aromatic rings. The number of methoxy groups -OCH3 is 1. The predicted octanol–water partition coefficient (Wildman–Crippen LogP) is 6.06. The summed E-state index contributed by atoms with van der Waals surface area (Å²) in [6.45, 7) is 1.91. The number of fused-ring (bicyclic) bond motifs is 2. The summed E-state index contributed by atoms with van der Waals surface area (Å²) in [6, 6.07) is 18.5. The van der Waals surface area contributed by atoms with E-state index in [0.717, 1.165) is 5.56 Å². The number of aryl methyl sites for hydroxylation is 1. The van der Waals surface area contributed by atoms with Crippen LogP contribution in [-0.2, 0) is 4.79 Å². The molecule has 6 rings (SSSR count). The maximum absolute atomic E-state index is 13.9. The van der Waals surface area contributed by atoms with Crippen molar-refractivity contribution < 1.29 is 23.8 Å². The van der Waals surface area contributed by atoms with Crippen LogP contribution in [0.2, 0.25) is 5.02 Å². The van der Waals surface area contributed by atoms with Crippen molar-refractivity contribution in [1.82, 2.24) is 9.97 Å². The van der Waals surface area contributed by atoms with Crippen LogP contribution in [0.15, 0.2) is 82.5 Å². The summed E-state index contributed by atoms with van der Waals surface area (Å²) in [7, 11) is 1.47. The zero-order valence-corrected chi connectivity index (χ0v) is 20.5. The molecule has 8 nitrogen and oxygen atoms in total. The van der Waals surface area contributed by atoms with Gasteiger partial charge in [-0.15, -0.1) is 0 Å². The van der Waals surface area contributed by atoms with Gasteiger partial charge < -0.3 is 19.2 Å². The van der Waals surface area contributed by atoms with Gasteiger partial charge in [-0.3, -0.25) is 14.5 Å². The largest absolute Gasteiger partial charge is 0.503 e. The molecule has 3 heterocycles. The van der Waals surface area contributed by atoms with Gasteiger partial charge >= 0.3 is 0 Å². The van der Waals surface area contributed by atoms with E-state index in [4.69, 9.17) is 20.8 Å². The predicted molar refractivity (Wildman–Crippen MR) is 139 cm³/mol. The molecule has 1 aliphatic heterocycles. The van der Waals surface area contributed by atoms with E-state index in [1.54, 1.807) is 18.2 Å². The Balaban J connectivity index is 1.52. The van der Waals surface area contributed by atoms with Crippen LogP contribution in [0.25, 0.3) is 22.0 Å². The first-order chi connectivity index (χ1) is 17.9. The highest BCUT2D eigenvalue weighted by molar-refractivity contribution is 6.31. The SMILES string of the molecule is COc1cc(Cl)cc2cc(C(=O)C3=C(O)C(=O)N(c4nc5ccccc5[nH]4)C3c3cccc(C)c3)oc12. The van der Waals surface area contributed by atoms with Gasteiger partial charge in [0.05, 0.1) is 29.8 Å². The fraction of sp³-hybridized carbons (Fsp3) is 0.107. The van der Waals surface area contributed by atoms with Gasteiger partial charge in [-0.1, -0.05) is 53.6 Å². The minimum atomic E-state index is -0.945. The lowest BCUT2D eigenvalue weighted by Crippen LogP contribution is -2.32. The number of carbonyl (C=O) groups is 2. The first kappa shape index (κ1) is 22.9. The minimum absolute atomic E-state index is 0.0611. The normalized spacial score (nSPS) is 15.8. The van der Waals surface area contributed by atoms with Crippen LogP contribution in [0.4, 0.5) is 5.95 Å². The Morgan fingerprint density at radius 3 is 2.70 bits per heavy atom. The zero-order valence-electron chi connectivity index (χ0n) is 19.8. The number of hydrogen-bond donors (Lipinski definition) is 2. The van der Waals surface area contributed by atoms with E-state index in [-0.39, 0.29) is 17.3 Å². The number of H-pyrrole nitrogens is 1. The molecule has 1 atom stereocenters. The van der Waals surface area contributed by atoms with Gasteiger partial charge in [-0.25, -0.2) is 4.98 Å². The molecule has 9 heteroatoms. The van der Waals surface area contributed by atoms with Crippen LogP contribution in [0, 0.1) is 6.92 Å². The molecule has 1 unspecified atom stereocenters. The number of ether oxygens (including phenoxy) is 1. The van der Waals surface area contributed by atoms with Crippen LogP contribution in [0.3, 0.4) is 0 Å². The second-order valence-electron chi connectivity index (χ2n) is 8.80. The third-order valence-electron chi connectivity index (χ3n) is 6.41. The van der Waals surface area contributed by atoms with Crippen LogP contribution in [0.1, 0.15) is 27.7 Å². The molecule has 2 aromatic heterocycles. The summed E-state index contributed by atoms with van der Waals surface area (Å²) in [5.74, 6) is -1.53. The van der Waals surface area contributed by atoms with Gasteiger partial charge in [0.15, 0.2) is 22.9 Å². The van der Waals surface area contributed by atoms with Crippen molar-refractivity contribution in [2.24, 2.45) is 0 Å². The van der Waals surface area contributed by atoms with Gasteiger partial charge in [0.25, 0.3) is 5.91 Å². The average molecular weight is 514 g/mol. The standard InChI is InChI=1S/C28H20ClN3O5/c1-14-6-5-7-15(10-14)23-22(24(33)20-12-16-11-17(29)13-21(36-2)26(16)37-20)25(34)27(35)32(23)28-30-18-8-3-4-9-19(18)31-28/h3-13,23,34H,1-2H3,(H,30,31). The van der Waals surface area contributed by atoms with Crippen LogP contribution >= 0.6 is 11.6 Å². The molecule has 0 saturated carbocycles. The number of rotatable bonds is 5. The molecular weight excluding hydrogens is 494 g/mol. The van der Waals surface area contributed by atoms with E-state index < -0.39 is 23.5 Å². The number of furan rings is 1. The first-order valence-corrected chi connectivity index (χ1v) is 11.8. The lowest BCUT2D eigenvalue weighted by Gasteiger charge is -2.24. The molecule has 1 aliphatic rings. The Labute approximate surface area is 215 Å². The zero-order chi connectivity index (χ0) is 25.8. The van der Waals surface area contributed by atoms with E-state index >= 15 is 0 Å². The number of aromatic nitrogens is 2. The third kappa shape index (κ3) is 3.65. The van der Waals surface area contributed by atoms with Crippen molar-refractivity contribution in [3.8, 4) is 5.75 Å². The number of halogens is 1. The number of aromatic amines is 1. The smallest absolute Gasteiger partial charge is 0.296 e. The maximum atomic E-state index is 13.9. The van der Waals surface area contributed by atoms with Crippen LogP contribution < -0.4 is 9.64 Å². The van der Waals surface area contributed by atoms with Crippen molar-refractivity contribution in [2.45, 2.75) is 13.0 Å². The maximum Gasteiger partial charge on any atom is 0.296 e. The number of aliphatic hydroxyl groups excluding tert-OH is 1. The summed E-state index contributed by atoms with van der Waals surface area (Å²) in [5.41, 5.74) is 3.15. The number of hydrogen-bond acceptors (Lipinski definition) is 6. The third-order valence-corrected chi connectivity index (χ3v) is 6.62. The number of anilines is 1. The Hall–Kier alpha value is -4.56. The molecule has 2 N–H and O–H groups in total. The number of amides is 1. The molecule has 0 spiro atoms. The van der Waals surface area contributed by atoms with E-state index in [9.17, 15) is 14.7 Å². The highest BCUT2D eigenvalue weighted by Crippen LogP contribution is 2.42. The van der Waals surface area contributed by atoms with E-state index in [1.807, 2.05) is 49.4 Å². The summed E-state index contributed by atoms with van der Waals surface area (Å²) in [6.07, 6.45) is 0. The van der Waals surface area contributed by atoms with E-state index in [2.05, 4.69) is 9.97 Å². The van der Waals surface area contributed by atoms with Crippen molar-refractivity contribution in [2.75, 3.05) is 12.0 Å². The number of para-hydroxylation sites is 2. The Morgan fingerprint density at radius 1 is 1.14 bits per heavy atom. The second-order valence-corrected chi connectivity index (χ2v) is 9.23. The van der Waals surface area contributed by atoms with Crippen molar-refractivity contribution in [3.63, 3.8) is 0 Å². The average Bonchev–Trinajstić information content (AvgIpc) is 3.57. The molecule has 1 amide bonds. The molecule has 0 aliphatic carbocycles. The molecule has 0 radical (unpaired) electrons. The number of ketones is 1. The van der Waals surface area contributed by atoms with Crippen molar-refractivity contribution in [1.29, 1.82) is 0 Å². The minimum Gasteiger partial charge on any atom is -0.503 e. The number of imidazole rings is 1. The molecule has 184 valence electrons. The van der Waals surface area contributed by atoms with Gasteiger partial charge in [0.2, 0.25) is 11.7 Å². The highest BCUT2D eigenvalue weighted by atomic mass is 35.5. The Bertz CT molecular complexity index is 1730. The van der Waals surface area contributed by atoms with Gasteiger partial charge in [0.1, 0.15) is 0 Å². The van der Waals surface area contributed by atoms with Gasteiger partial charge in [-0.05, 0) is 36.8 Å². The van der Waals surface area contributed by atoms with Crippen LogP contribution in [0.5, 0.6) is 5.75 Å². The lowest BCUT2D eigenvalue weighted by atomic mass is 9.94. The molecule has 37 heavy (non-hydrogen) atoms. The fourth-order valence-corrected chi connectivity index (χ4v) is 4.96. The highest BCUT2D eigenvalue weighted by Gasteiger charge is 2.46. The first-order valence-electron chi connectivity index (χ1n) is 11.5. The number of carbonyl (C=O) groups excluding carboxylic acids is 2. The summed E-state index contributed by atoms with van der Waals surface area (Å²) < 4.78 is 11.2. The number of aliphatic hydroxyl groups is 1. The number of nitrogens with zero attached hydrogens (tertiary/aromatic N) is 2. The van der Waals surface area contributed by atoms with Crippen molar-refractivity contribution >= 4 is 51.2 Å². The topological polar surface area (TPSA) is 109 Å². The summed E-state index contributed by atoms with van der Waals surface area (Å²) in [5, 5.41) is 12.0. The Morgan fingerprint density at radius 2 is 1.95 bits per heavy atom. The second kappa shape index (κ2) is 8.53. The number of benzene rings is 3. The lowest BCUT2D eigenvalue weighted by molar-refractivity contribution is -0.117. The van der Waals surface area contributed by atoms with Crippen molar-refractivity contribution in [3.05, 3.63) is 100.0 Å². The fourth-order valence-electron chi connectivity index (χ4n) is 4.75. The molecular formula is C28H20ClN3O5. The number of Topliss-reactive ketones (excluding diaryl/α,β-unsaturated/α-hetero) is 1. The Kier molecular flexibility index (Phi) is 5.27. The molecule has 0 bridgehead atoms.